The molecule has 0 aliphatic carbocycles. The standard InChI is InChI=1S/C11H19NO4/c1-11(2,3)16-10(14)12-7-4-6-5-8(13)9(7)15-6/h6-9,13H,4-5H2,1-3H3,(H,12,14)/t6-,7+,8-,9+/m0/s1. The van der Waals surface area contributed by atoms with Gasteiger partial charge in [0.25, 0.3) is 0 Å². The molecule has 2 bridgehead atoms. The summed E-state index contributed by atoms with van der Waals surface area (Å²) in [6, 6.07) is -0.122. The van der Waals surface area contributed by atoms with E-state index < -0.39 is 17.8 Å². The molecule has 0 aromatic rings. The van der Waals surface area contributed by atoms with Crippen LogP contribution < -0.4 is 5.32 Å². The summed E-state index contributed by atoms with van der Waals surface area (Å²) in [4.78, 5) is 11.5. The summed E-state index contributed by atoms with van der Waals surface area (Å²) in [6.07, 6.45) is 0.356. The van der Waals surface area contributed by atoms with Crippen LogP contribution in [0.2, 0.25) is 0 Å². The summed E-state index contributed by atoms with van der Waals surface area (Å²) in [5.74, 6) is 0. The van der Waals surface area contributed by atoms with E-state index in [0.717, 1.165) is 6.42 Å². The number of nitrogens with one attached hydrogen (secondary N) is 1. The smallest absolute Gasteiger partial charge is 0.407 e. The van der Waals surface area contributed by atoms with Crippen molar-refractivity contribution in [1.29, 1.82) is 0 Å². The summed E-state index contributed by atoms with van der Waals surface area (Å²) >= 11 is 0. The predicted molar refractivity (Wildman–Crippen MR) is 57.1 cm³/mol. The molecule has 0 saturated carbocycles. The third-order valence-corrected chi connectivity index (χ3v) is 2.85. The van der Waals surface area contributed by atoms with E-state index in [4.69, 9.17) is 9.47 Å². The summed E-state index contributed by atoms with van der Waals surface area (Å²) in [5, 5.41) is 12.4. The van der Waals surface area contributed by atoms with Crippen LogP contribution in [-0.4, -0.2) is 41.2 Å². The van der Waals surface area contributed by atoms with Crippen LogP contribution in [0.3, 0.4) is 0 Å². The highest BCUT2D eigenvalue weighted by Gasteiger charge is 2.47. The Morgan fingerprint density at radius 3 is 2.62 bits per heavy atom. The van der Waals surface area contributed by atoms with Crippen molar-refractivity contribution in [1.82, 2.24) is 5.32 Å². The number of hydrogen-bond donors (Lipinski definition) is 2. The zero-order valence-corrected chi connectivity index (χ0v) is 9.90. The van der Waals surface area contributed by atoms with Gasteiger partial charge in [-0.1, -0.05) is 0 Å². The van der Waals surface area contributed by atoms with E-state index in [-0.39, 0.29) is 18.2 Å². The van der Waals surface area contributed by atoms with E-state index in [2.05, 4.69) is 5.32 Å². The fraction of sp³-hybridized carbons (Fsp3) is 0.909. The minimum Gasteiger partial charge on any atom is -0.444 e. The maximum absolute atomic E-state index is 11.5. The van der Waals surface area contributed by atoms with Gasteiger partial charge in [-0.05, 0) is 27.2 Å². The summed E-state index contributed by atoms with van der Waals surface area (Å²) in [7, 11) is 0. The van der Waals surface area contributed by atoms with Gasteiger partial charge in [0.05, 0.1) is 18.2 Å². The molecular formula is C11H19NO4. The van der Waals surface area contributed by atoms with Crippen molar-refractivity contribution in [2.45, 2.75) is 63.6 Å². The maximum Gasteiger partial charge on any atom is 0.407 e. The van der Waals surface area contributed by atoms with E-state index in [9.17, 15) is 9.90 Å². The Morgan fingerprint density at radius 1 is 1.44 bits per heavy atom. The van der Waals surface area contributed by atoms with Crippen LogP contribution in [0.25, 0.3) is 0 Å². The monoisotopic (exact) mass is 229 g/mol. The molecule has 0 aromatic carbocycles. The van der Waals surface area contributed by atoms with Gasteiger partial charge in [0.2, 0.25) is 0 Å². The molecule has 16 heavy (non-hydrogen) atoms. The average Bonchev–Trinajstić information content (AvgIpc) is 2.57. The van der Waals surface area contributed by atoms with Crippen molar-refractivity contribution >= 4 is 6.09 Å². The van der Waals surface area contributed by atoms with Gasteiger partial charge in [-0.2, -0.15) is 0 Å². The van der Waals surface area contributed by atoms with Crippen molar-refractivity contribution in [2.75, 3.05) is 0 Å². The molecule has 0 spiro atoms. The molecule has 1 amide bonds. The summed E-state index contributed by atoms with van der Waals surface area (Å²) < 4.78 is 10.7. The largest absolute Gasteiger partial charge is 0.444 e. The molecule has 2 N–H and O–H groups in total. The second-order valence-electron chi connectivity index (χ2n) is 5.51. The third kappa shape index (κ3) is 2.47. The molecule has 2 heterocycles. The zero-order chi connectivity index (χ0) is 11.9. The lowest BCUT2D eigenvalue weighted by atomic mass is 9.93. The van der Waals surface area contributed by atoms with Crippen molar-refractivity contribution in [2.24, 2.45) is 0 Å². The highest BCUT2D eigenvalue weighted by Crippen LogP contribution is 2.34. The molecule has 2 fully saturated rings. The van der Waals surface area contributed by atoms with E-state index in [0.29, 0.717) is 6.42 Å². The Balaban J connectivity index is 1.85. The zero-order valence-electron chi connectivity index (χ0n) is 9.90. The van der Waals surface area contributed by atoms with Crippen LogP contribution in [0, 0.1) is 0 Å². The van der Waals surface area contributed by atoms with Gasteiger partial charge in [-0.3, -0.25) is 0 Å². The number of carbonyl (C=O) groups excluding carboxylic acids is 1. The molecule has 92 valence electrons. The lowest BCUT2D eigenvalue weighted by Crippen LogP contribution is -2.48. The number of alkyl carbamates (subject to hydrolysis) is 1. The van der Waals surface area contributed by atoms with Crippen molar-refractivity contribution in [3.63, 3.8) is 0 Å². The van der Waals surface area contributed by atoms with E-state index >= 15 is 0 Å². The predicted octanol–water partition coefficient (Wildman–Crippen LogP) is 0.802. The second-order valence-corrected chi connectivity index (χ2v) is 5.51. The lowest BCUT2D eigenvalue weighted by Gasteiger charge is -2.26. The topological polar surface area (TPSA) is 67.8 Å². The van der Waals surface area contributed by atoms with Gasteiger partial charge in [0, 0.05) is 6.42 Å². The van der Waals surface area contributed by atoms with Gasteiger partial charge < -0.3 is 19.9 Å². The molecule has 2 saturated heterocycles. The Kier molecular flexibility index (Phi) is 2.84. The number of ether oxygens (including phenoxy) is 2. The van der Waals surface area contributed by atoms with Crippen LogP contribution in [0.5, 0.6) is 0 Å². The fourth-order valence-corrected chi connectivity index (χ4v) is 2.30. The first kappa shape index (κ1) is 11.7. The first-order valence-corrected chi connectivity index (χ1v) is 5.68. The van der Waals surface area contributed by atoms with Crippen LogP contribution in [0.4, 0.5) is 4.79 Å². The van der Waals surface area contributed by atoms with Gasteiger partial charge in [-0.25, -0.2) is 4.79 Å². The van der Waals surface area contributed by atoms with Crippen LogP contribution in [0.1, 0.15) is 33.6 Å². The van der Waals surface area contributed by atoms with Crippen molar-refractivity contribution < 1.29 is 19.4 Å². The van der Waals surface area contributed by atoms with Crippen LogP contribution >= 0.6 is 0 Å². The first-order valence-electron chi connectivity index (χ1n) is 5.68. The number of rotatable bonds is 1. The molecule has 4 atom stereocenters. The molecule has 2 rings (SSSR count). The molecule has 0 radical (unpaired) electrons. The van der Waals surface area contributed by atoms with Crippen molar-refractivity contribution in [3.8, 4) is 0 Å². The third-order valence-electron chi connectivity index (χ3n) is 2.85. The minimum absolute atomic E-state index is 0.0833. The number of aliphatic hydroxyl groups is 1. The highest BCUT2D eigenvalue weighted by molar-refractivity contribution is 5.68. The second kappa shape index (κ2) is 3.89. The Labute approximate surface area is 95.1 Å². The summed E-state index contributed by atoms with van der Waals surface area (Å²) in [5.41, 5.74) is -0.499. The van der Waals surface area contributed by atoms with Gasteiger partial charge in [0.1, 0.15) is 11.7 Å². The van der Waals surface area contributed by atoms with Gasteiger partial charge in [-0.15, -0.1) is 0 Å². The lowest BCUT2D eigenvalue weighted by molar-refractivity contribution is 0.0277. The average molecular weight is 229 g/mol. The van der Waals surface area contributed by atoms with Crippen LogP contribution in [-0.2, 0) is 9.47 Å². The molecule has 5 nitrogen and oxygen atoms in total. The SMILES string of the molecule is CC(C)(C)OC(=O)N[C@@H]1C[C@H]2C[C@H](O)[C@@H]1O2. The Morgan fingerprint density at radius 2 is 2.12 bits per heavy atom. The summed E-state index contributed by atoms with van der Waals surface area (Å²) in [6.45, 7) is 5.45. The Bertz CT molecular complexity index is 286. The van der Waals surface area contributed by atoms with Crippen LogP contribution in [0.15, 0.2) is 0 Å². The maximum atomic E-state index is 11.5. The van der Waals surface area contributed by atoms with E-state index in [1.807, 2.05) is 20.8 Å². The van der Waals surface area contributed by atoms with Gasteiger partial charge in [0.15, 0.2) is 0 Å². The first-order chi connectivity index (χ1) is 7.35. The van der Waals surface area contributed by atoms with Crippen molar-refractivity contribution in [3.05, 3.63) is 0 Å². The van der Waals surface area contributed by atoms with E-state index in [1.165, 1.54) is 0 Å². The highest BCUT2D eigenvalue weighted by atomic mass is 16.6. The molecule has 5 heteroatoms. The number of amides is 1. The molecule has 0 aromatic heterocycles. The number of aliphatic hydroxyl groups excluding tert-OH is 1. The molecule has 0 unspecified atom stereocenters. The number of carbonyl (C=O) groups is 1. The molecular weight excluding hydrogens is 210 g/mol. The Hall–Kier alpha value is -0.810. The minimum atomic E-state index is -0.499. The quantitative estimate of drug-likeness (QED) is 0.698. The normalized spacial score (nSPS) is 37.5. The molecule has 2 aliphatic rings. The number of fused-ring (bicyclic) bond motifs is 2. The molecule has 2 aliphatic heterocycles. The number of hydrogen-bond acceptors (Lipinski definition) is 4. The van der Waals surface area contributed by atoms with E-state index in [1.54, 1.807) is 0 Å². The fourth-order valence-electron chi connectivity index (χ4n) is 2.30. The van der Waals surface area contributed by atoms with Gasteiger partial charge >= 0.3 is 6.09 Å².